The van der Waals surface area contributed by atoms with Crippen molar-refractivity contribution in [3.05, 3.63) is 66.4 Å². The Kier molecular flexibility index (Phi) is 9.63. The Balaban J connectivity index is 0.000000276. The van der Waals surface area contributed by atoms with Gasteiger partial charge in [-0.05, 0) is 37.2 Å². The molecule has 2 aliphatic heterocycles. The van der Waals surface area contributed by atoms with Crippen LogP contribution in [-0.4, -0.2) is 74.1 Å². The molecule has 0 aliphatic carbocycles. The SMILES string of the molecule is COc1ccccc1-c1cnc2n1CC1(CCN(Cc3ccccn3)C1)C2.O=C(O)C(F)(F)F.O=C(O)C(F)(F)F. The van der Waals surface area contributed by atoms with E-state index in [1.165, 1.54) is 17.9 Å². The minimum Gasteiger partial charge on any atom is -0.496 e. The summed E-state index contributed by atoms with van der Waals surface area (Å²) < 4.78 is 71.5. The Hall–Kier alpha value is -4.14. The Bertz CT molecular complexity index is 1320. The van der Waals surface area contributed by atoms with Crippen LogP contribution in [0.15, 0.2) is 54.9 Å². The average molecular weight is 589 g/mol. The van der Waals surface area contributed by atoms with E-state index in [-0.39, 0.29) is 0 Å². The standard InChI is InChI=1S/C22H24N4O.2C2HF3O2/c1-27-20-8-3-2-7-18(20)19-13-24-21-12-22(16-26(19)21)9-11-25(15-22)14-17-6-4-5-10-23-17;2*3-2(4,5)1(6)7/h2-8,10,13H,9,11-12,14-16H2,1H3;2*(H,6,7). The number of likely N-dealkylation sites (tertiary alicyclic amines) is 1. The number of carbonyl (C=O) groups is 2. The maximum absolute atomic E-state index is 10.6. The fourth-order valence-corrected chi connectivity index (χ4v) is 4.69. The van der Waals surface area contributed by atoms with Crippen molar-refractivity contribution >= 4 is 11.9 Å². The number of hydrogen-bond donors (Lipinski definition) is 2. The van der Waals surface area contributed by atoms with Crippen molar-refractivity contribution in [1.82, 2.24) is 19.4 Å². The number of para-hydroxylation sites is 1. The molecule has 1 saturated heterocycles. The lowest BCUT2D eigenvalue weighted by atomic mass is 9.86. The molecule has 2 aromatic heterocycles. The first-order chi connectivity index (χ1) is 19.1. The van der Waals surface area contributed by atoms with Gasteiger partial charge in [-0.15, -0.1) is 0 Å². The van der Waals surface area contributed by atoms with E-state index in [4.69, 9.17) is 29.5 Å². The Morgan fingerprint density at radius 1 is 0.951 bits per heavy atom. The van der Waals surface area contributed by atoms with Gasteiger partial charge in [0.25, 0.3) is 0 Å². The van der Waals surface area contributed by atoms with Gasteiger partial charge in [-0.1, -0.05) is 18.2 Å². The van der Waals surface area contributed by atoms with Gasteiger partial charge in [-0.2, -0.15) is 26.3 Å². The summed E-state index contributed by atoms with van der Waals surface area (Å²) in [5, 5.41) is 14.2. The lowest BCUT2D eigenvalue weighted by Crippen LogP contribution is -2.28. The third-order valence-electron chi connectivity index (χ3n) is 6.46. The molecule has 222 valence electrons. The van der Waals surface area contributed by atoms with E-state index >= 15 is 0 Å². The van der Waals surface area contributed by atoms with Crippen LogP contribution in [-0.2, 0) is 29.1 Å². The molecule has 15 heteroatoms. The fourth-order valence-electron chi connectivity index (χ4n) is 4.69. The second-order valence-electron chi connectivity index (χ2n) is 9.41. The molecule has 0 saturated carbocycles. The predicted octanol–water partition coefficient (Wildman–Crippen LogP) is 4.67. The number of imidazole rings is 1. The van der Waals surface area contributed by atoms with Gasteiger partial charge in [0.2, 0.25) is 0 Å². The van der Waals surface area contributed by atoms with E-state index < -0.39 is 24.3 Å². The molecule has 1 spiro atoms. The number of ether oxygens (including phenoxy) is 1. The highest BCUT2D eigenvalue weighted by Gasteiger charge is 2.44. The van der Waals surface area contributed by atoms with Gasteiger partial charge in [0.1, 0.15) is 11.6 Å². The zero-order valence-corrected chi connectivity index (χ0v) is 21.6. The predicted molar refractivity (Wildman–Crippen MR) is 132 cm³/mol. The third kappa shape index (κ3) is 8.19. The van der Waals surface area contributed by atoms with Crippen LogP contribution in [0.4, 0.5) is 26.3 Å². The van der Waals surface area contributed by atoms with Crippen molar-refractivity contribution in [2.45, 2.75) is 38.3 Å². The van der Waals surface area contributed by atoms with Crippen molar-refractivity contribution in [2.24, 2.45) is 5.41 Å². The lowest BCUT2D eigenvalue weighted by Gasteiger charge is -2.23. The summed E-state index contributed by atoms with van der Waals surface area (Å²) in [6.07, 6.45) is -4.01. The average Bonchev–Trinajstić information content (AvgIpc) is 3.58. The third-order valence-corrected chi connectivity index (χ3v) is 6.46. The van der Waals surface area contributed by atoms with Crippen molar-refractivity contribution in [3.63, 3.8) is 0 Å². The van der Waals surface area contributed by atoms with Crippen LogP contribution in [0.25, 0.3) is 11.3 Å². The van der Waals surface area contributed by atoms with E-state index in [2.05, 4.69) is 38.7 Å². The molecule has 41 heavy (non-hydrogen) atoms. The molecule has 0 radical (unpaired) electrons. The van der Waals surface area contributed by atoms with Crippen LogP contribution in [0.3, 0.4) is 0 Å². The largest absolute Gasteiger partial charge is 0.496 e. The molecule has 0 bridgehead atoms. The number of aliphatic carboxylic acids is 2. The van der Waals surface area contributed by atoms with E-state index in [0.29, 0.717) is 5.41 Å². The molecular weight excluding hydrogens is 562 g/mol. The van der Waals surface area contributed by atoms with Crippen LogP contribution in [0.1, 0.15) is 17.9 Å². The second-order valence-corrected chi connectivity index (χ2v) is 9.41. The summed E-state index contributed by atoms with van der Waals surface area (Å²) >= 11 is 0. The van der Waals surface area contributed by atoms with E-state index in [0.717, 1.165) is 49.6 Å². The molecule has 1 unspecified atom stereocenters. The quantitative estimate of drug-likeness (QED) is 0.423. The molecule has 2 aliphatic rings. The molecule has 1 atom stereocenters. The number of halogens is 6. The zero-order valence-electron chi connectivity index (χ0n) is 21.6. The smallest absolute Gasteiger partial charge is 0.490 e. The van der Waals surface area contributed by atoms with Crippen LogP contribution in [0, 0.1) is 5.41 Å². The number of hydrogen-bond acceptors (Lipinski definition) is 6. The summed E-state index contributed by atoms with van der Waals surface area (Å²) in [7, 11) is 1.73. The van der Waals surface area contributed by atoms with Crippen LogP contribution in [0.5, 0.6) is 5.75 Å². The van der Waals surface area contributed by atoms with Gasteiger partial charge in [-0.3, -0.25) is 9.88 Å². The highest BCUT2D eigenvalue weighted by atomic mass is 19.4. The van der Waals surface area contributed by atoms with E-state index in [9.17, 15) is 26.3 Å². The van der Waals surface area contributed by atoms with Crippen molar-refractivity contribution in [2.75, 3.05) is 20.2 Å². The molecule has 3 aromatic rings. The molecule has 1 aromatic carbocycles. The number of alkyl halides is 6. The molecule has 2 N–H and O–H groups in total. The molecule has 4 heterocycles. The zero-order chi connectivity index (χ0) is 30.4. The van der Waals surface area contributed by atoms with Crippen LogP contribution in [0.2, 0.25) is 0 Å². The van der Waals surface area contributed by atoms with Crippen molar-refractivity contribution in [3.8, 4) is 17.0 Å². The van der Waals surface area contributed by atoms with Crippen molar-refractivity contribution < 1.29 is 50.9 Å². The van der Waals surface area contributed by atoms with Gasteiger partial charge < -0.3 is 19.5 Å². The first-order valence-electron chi connectivity index (χ1n) is 12.1. The first kappa shape index (κ1) is 31.4. The van der Waals surface area contributed by atoms with E-state index in [1.807, 2.05) is 30.6 Å². The number of rotatable bonds is 4. The fraction of sp³-hybridized carbons (Fsp3) is 0.385. The molecule has 9 nitrogen and oxygen atoms in total. The van der Waals surface area contributed by atoms with E-state index in [1.54, 1.807) is 7.11 Å². The molecular formula is C26H26F6N4O5. The summed E-state index contributed by atoms with van der Waals surface area (Å²) in [5.41, 5.74) is 3.75. The number of pyridine rings is 1. The number of aromatic nitrogens is 3. The number of carboxylic acids is 2. The number of fused-ring (bicyclic) bond motifs is 1. The minimum absolute atomic E-state index is 0.301. The normalized spacial score (nSPS) is 18.1. The van der Waals surface area contributed by atoms with Gasteiger partial charge >= 0.3 is 24.3 Å². The number of nitrogens with zero attached hydrogens (tertiary/aromatic N) is 4. The first-order valence-corrected chi connectivity index (χ1v) is 12.1. The van der Waals surface area contributed by atoms with Crippen molar-refractivity contribution in [1.29, 1.82) is 0 Å². The van der Waals surface area contributed by atoms with Gasteiger partial charge in [0.05, 0.1) is 24.7 Å². The summed E-state index contributed by atoms with van der Waals surface area (Å²) in [6.45, 7) is 4.21. The number of benzene rings is 1. The molecule has 0 amide bonds. The van der Waals surface area contributed by atoms with Crippen LogP contribution < -0.4 is 4.74 Å². The van der Waals surface area contributed by atoms with Gasteiger partial charge in [0.15, 0.2) is 0 Å². The number of carboxylic acid groups (broad SMARTS) is 2. The Morgan fingerprint density at radius 3 is 2.12 bits per heavy atom. The number of methoxy groups -OCH3 is 1. The monoisotopic (exact) mass is 588 g/mol. The van der Waals surface area contributed by atoms with Crippen LogP contribution >= 0.6 is 0 Å². The maximum Gasteiger partial charge on any atom is 0.490 e. The maximum atomic E-state index is 10.6. The Morgan fingerprint density at radius 2 is 1.56 bits per heavy atom. The summed E-state index contributed by atoms with van der Waals surface area (Å²) in [6, 6.07) is 14.4. The molecule has 5 rings (SSSR count). The molecule has 1 fully saturated rings. The highest BCUT2D eigenvalue weighted by Crippen LogP contribution is 2.43. The van der Waals surface area contributed by atoms with Gasteiger partial charge in [-0.25, -0.2) is 14.6 Å². The topological polar surface area (TPSA) is 118 Å². The highest BCUT2D eigenvalue weighted by molar-refractivity contribution is 5.73. The minimum atomic E-state index is -5.08. The summed E-state index contributed by atoms with van der Waals surface area (Å²) in [4.78, 5) is 29.6. The lowest BCUT2D eigenvalue weighted by molar-refractivity contribution is -0.193. The Labute approximate surface area is 230 Å². The summed E-state index contributed by atoms with van der Waals surface area (Å²) in [5.74, 6) is -3.40. The second kappa shape index (κ2) is 12.6. The van der Waals surface area contributed by atoms with Gasteiger partial charge in [0, 0.05) is 43.2 Å².